The summed E-state index contributed by atoms with van der Waals surface area (Å²) in [7, 11) is 1.33. The summed E-state index contributed by atoms with van der Waals surface area (Å²) >= 11 is 0. The third-order valence-electron chi connectivity index (χ3n) is 7.23. The molecule has 0 radical (unpaired) electrons. The number of Topliss-reactive ketones (excluding diaryl/α,β-unsaturated/α-hetero) is 2. The van der Waals surface area contributed by atoms with Crippen LogP contribution in [0.25, 0.3) is 32.7 Å². The van der Waals surface area contributed by atoms with Gasteiger partial charge in [0.25, 0.3) is 0 Å². The molecule has 2 aliphatic heterocycles. The zero-order chi connectivity index (χ0) is 27.9. The Hall–Kier alpha value is -4.86. The number of phenolic OH excluding ortho intramolecular Hbond substituents is 5. The Labute approximate surface area is 221 Å². The largest absolute Gasteiger partial charge is 0.507 e. The quantitative estimate of drug-likeness (QED) is 0.240. The van der Waals surface area contributed by atoms with E-state index >= 15 is 0 Å². The molecule has 5 N–H and O–H groups in total. The first kappa shape index (κ1) is 24.5. The zero-order valence-electron chi connectivity index (χ0n) is 21.2. The number of carbonyl (C=O) groups is 2. The maximum atomic E-state index is 12.9. The molecule has 0 amide bonds. The molecule has 200 valence electrons. The molecule has 2 unspecified atom stereocenters. The predicted octanol–water partition coefficient (Wildman–Crippen LogP) is 4.90. The second-order valence-corrected chi connectivity index (χ2v) is 9.92. The van der Waals surface area contributed by atoms with Gasteiger partial charge >= 0.3 is 0 Å². The van der Waals surface area contributed by atoms with E-state index in [-0.39, 0.29) is 91.2 Å². The van der Waals surface area contributed by atoms with E-state index in [4.69, 9.17) is 14.2 Å². The molecule has 0 spiro atoms. The Morgan fingerprint density at radius 3 is 1.67 bits per heavy atom. The molecule has 0 fully saturated rings. The van der Waals surface area contributed by atoms with E-state index in [0.29, 0.717) is 0 Å². The molecular formula is C29H24O10. The normalized spacial score (nSPS) is 18.4. The van der Waals surface area contributed by atoms with Crippen molar-refractivity contribution in [3.8, 4) is 57.1 Å². The molecule has 0 aliphatic carbocycles. The van der Waals surface area contributed by atoms with Gasteiger partial charge in [-0.2, -0.15) is 0 Å². The molecule has 2 heterocycles. The minimum atomic E-state index is -0.529. The monoisotopic (exact) mass is 532 g/mol. The van der Waals surface area contributed by atoms with Gasteiger partial charge in [0.2, 0.25) is 0 Å². The molecule has 2 aliphatic rings. The number of carbonyl (C=O) groups excluding carboxylic acids is 2. The van der Waals surface area contributed by atoms with Crippen LogP contribution in [-0.4, -0.2) is 56.4 Å². The number of methoxy groups -OCH3 is 1. The van der Waals surface area contributed by atoms with Crippen LogP contribution < -0.4 is 14.2 Å². The van der Waals surface area contributed by atoms with Crippen molar-refractivity contribution in [1.82, 2.24) is 0 Å². The lowest BCUT2D eigenvalue weighted by molar-refractivity contribution is 0.0856. The van der Waals surface area contributed by atoms with Crippen LogP contribution >= 0.6 is 0 Å². The Balaban J connectivity index is 1.78. The van der Waals surface area contributed by atoms with E-state index in [1.54, 1.807) is 13.8 Å². The van der Waals surface area contributed by atoms with Crippen molar-refractivity contribution in [2.24, 2.45) is 0 Å². The Bertz CT molecular complexity index is 1770. The second kappa shape index (κ2) is 8.32. The van der Waals surface area contributed by atoms with Crippen LogP contribution in [0.1, 0.15) is 47.4 Å². The van der Waals surface area contributed by atoms with Crippen LogP contribution in [0.15, 0.2) is 24.3 Å². The lowest BCUT2D eigenvalue weighted by Gasteiger charge is -2.27. The minimum absolute atomic E-state index is 0.00444. The SMILES string of the molecule is COc1c2c(cc3c(-c4c(O)cc(O)c5c(O)c6c(cc45)OC(C)CC6=O)c(O)cc(O)c13)OC(C)CC2=O. The fraction of sp³-hybridized carbons (Fsp3) is 0.241. The van der Waals surface area contributed by atoms with Crippen molar-refractivity contribution in [1.29, 1.82) is 0 Å². The smallest absolute Gasteiger partial charge is 0.174 e. The van der Waals surface area contributed by atoms with Gasteiger partial charge in [-0.1, -0.05) is 0 Å². The Kier molecular flexibility index (Phi) is 5.22. The van der Waals surface area contributed by atoms with Gasteiger partial charge in [-0.25, -0.2) is 0 Å². The van der Waals surface area contributed by atoms with Crippen LogP contribution in [0.2, 0.25) is 0 Å². The van der Waals surface area contributed by atoms with E-state index in [0.717, 1.165) is 12.1 Å². The average Bonchev–Trinajstić information content (AvgIpc) is 2.83. The third kappa shape index (κ3) is 3.41. The lowest BCUT2D eigenvalue weighted by atomic mass is 9.87. The topological polar surface area (TPSA) is 163 Å². The number of ketones is 2. The lowest BCUT2D eigenvalue weighted by Crippen LogP contribution is -2.24. The molecule has 6 rings (SSSR count). The van der Waals surface area contributed by atoms with Gasteiger partial charge in [0.15, 0.2) is 11.6 Å². The molecule has 10 heteroatoms. The van der Waals surface area contributed by atoms with Gasteiger partial charge in [-0.05, 0) is 26.0 Å². The number of ether oxygens (including phenoxy) is 3. The molecule has 39 heavy (non-hydrogen) atoms. The number of hydrogen-bond donors (Lipinski definition) is 5. The van der Waals surface area contributed by atoms with E-state index in [1.165, 1.54) is 19.2 Å². The summed E-state index contributed by atoms with van der Waals surface area (Å²) in [4.78, 5) is 25.6. The maximum absolute atomic E-state index is 12.9. The fourth-order valence-electron chi connectivity index (χ4n) is 5.70. The first-order valence-corrected chi connectivity index (χ1v) is 12.3. The van der Waals surface area contributed by atoms with Crippen molar-refractivity contribution in [2.45, 2.75) is 38.9 Å². The summed E-state index contributed by atoms with van der Waals surface area (Å²) in [6.07, 6.45) is -0.787. The van der Waals surface area contributed by atoms with E-state index in [1.807, 2.05) is 0 Å². The molecule has 0 saturated heterocycles. The highest BCUT2D eigenvalue weighted by molar-refractivity contribution is 6.19. The molecule has 0 aromatic heterocycles. The van der Waals surface area contributed by atoms with E-state index < -0.39 is 35.2 Å². The second-order valence-electron chi connectivity index (χ2n) is 9.92. The molecule has 4 aromatic carbocycles. The van der Waals surface area contributed by atoms with Crippen molar-refractivity contribution in [3.05, 3.63) is 35.4 Å². The van der Waals surface area contributed by atoms with E-state index in [2.05, 4.69) is 0 Å². The molecule has 0 bridgehead atoms. The number of hydrogen-bond acceptors (Lipinski definition) is 10. The number of phenols is 5. The van der Waals surface area contributed by atoms with Crippen molar-refractivity contribution < 1.29 is 49.3 Å². The van der Waals surface area contributed by atoms with Crippen LogP contribution in [0, 0.1) is 0 Å². The molecule has 2 atom stereocenters. The third-order valence-corrected chi connectivity index (χ3v) is 7.23. The summed E-state index contributed by atoms with van der Waals surface area (Å²) in [6, 6.07) is 4.90. The van der Waals surface area contributed by atoms with Crippen molar-refractivity contribution in [3.63, 3.8) is 0 Å². The van der Waals surface area contributed by atoms with Gasteiger partial charge in [-0.3, -0.25) is 9.59 Å². The number of rotatable bonds is 2. The van der Waals surface area contributed by atoms with Crippen LogP contribution in [0.3, 0.4) is 0 Å². The highest BCUT2D eigenvalue weighted by Crippen LogP contribution is 2.55. The van der Waals surface area contributed by atoms with Crippen LogP contribution in [0.5, 0.6) is 46.0 Å². The summed E-state index contributed by atoms with van der Waals surface area (Å²) < 4.78 is 17.3. The van der Waals surface area contributed by atoms with Gasteiger partial charge in [0.1, 0.15) is 69.3 Å². The van der Waals surface area contributed by atoms with Gasteiger partial charge in [0.05, 0.1) is 17.9 Å². The van der Waals surface area contributed by atoms with E-state index in [9.17, 15) is 35.1 Å². The molecule has 0 saturated carbocycles. The van der Waals surface area contributed by atoms with Crippen molar-refractivity contribution in [2.75, 3.05) is 7.11 Å². The summed E-state index contributed by atoms with van der Waals surface area (Å²) in [6.45, 7) is 3.42. The zero-order valence-corrected chi connectivity index (χ0v) is 21.2. The highest BCUT2D eigenvalue weighted by Gasteiger charge is 2.34. The summed E-state index contributed by atoms with van der Waals surface area (Å²) in [5.74, 6) is -2.72. The first-order valence-electron chi connectivity index (χ1n) is 12.3. The molecule has 4 aromatic rings. The highest BCUT2D eigenvalue weighted by atomic mass is 16.5. The molecule has 10 nitrogen and oxygen atoms in total. The number of fused-ring (bicyclic) bond motifs is 4. The van der Waals surface area contributed by atoms with Crippen LogP contribution in [0.4, 0.5) is 0 Å². The molecular weight excluding hydrogens is 508 g/mol. The summed E-state index contributed by atoms with van der Waals surface area (Å²) in [5, 5.41) is 55.1. The maximum Gasteiger partial charge on any atom is 0.174 e. The van der Waals surface area contributed by atoms with Crippen LogP contribution in [-0.2, 0) is 0 Å². The van der Waals surface area contributed by atoms with Crippen molar-refractivity contribution >= 4 is 33.1 Å². The van der Waals surface area contributed by atoms with Gasteiger partial charge in [-0.15, -0.1) is 0 Å². The van der Waals surface area contributed by atoms with Gasteiger partial charge < -0.3 is 39.7 Å². The summed E-state index contributed by atoms with van der Waals surface area (Å²) in [5.41, 5.74) is 0.0106. The van der Waals surface area contributed by atoms with Gasteiger partial charge in [0, 0.05) is 46.9 Å². The standard InChI is InChI=1S/C29H24O10/c1-10-4-14(30)26-20(38-10)6-12-22(16(32)8-18(34)24(12)28(26)36)23-13-7-21-27(15(31)5-11(2)39-21)29(37-3)25(13)19(35)9-17(23)33/h6-11,32-36H,4-5H2,1-3H3. The average molecular weight is 533 g/mol. The first-order chi connectivity index (χ1) is 18.5. The minimum Gasteiger partial charge on any atom is -0.507 e. The Morgan fingerprint density at radius 1 is 0.667 bits per heavy atom. The fourth-order valence-corrected chi connectivity index (χ4v) is 5.70. The number of benzene rings is 4. The Morgan fingerprint density at radius 2 is 1.13 bits per heavy atom. The number of aromatic hydroxyl groups is 5. The predicted molar refractivity (Wildman–Crippen MR) is 140 cm³/mol.